The molecule has 6 heteroatoms. The molecule has 1 aliphatic rings. The highest BCUT2D eigenvalue weighted by Gasteiger charge is 2.33. The van der Waals surface area contributed by atoms with E-state index < -0.39 is 23.9 Å². The number of carbonyl (C=O) groups is 1. The molecule has 0 aliphatic carbocycles. The highest BCUT2D eigenvalue weighted by Crippen LogP contribution is 2.17. The molecule has 1 saturated heterocycles. The Kier molecular flexibility index (Phi) is 4.91. The molecule has 0 saturated carbocycles. The number of hydrogen-bond acceptors (Lipinski definition) is 4. The molecule has 0 aromatic heterocycles. The molecule has 1 aromatic rings. The summed E-state index contributed by atoms with van der Waals surface area (Å²) in [4.78, 5) is 13.7. The normalized spacial score (nSPS) is 21.0. The third kappa shape index (κ3) is 3.58. The summed E-state index contributed by atoms with van der Waals surface area (Å²) in [6.07, 6.45) is -1.72. The molecule has 2 unspecified atom stereocenters. The summed E-state index contributed by atoms with van der Waals surface area (Å²) in [5.41, 5.74) is 0.437. The Morgan fingerprint density at radius 1 is 1.33 bits per heavy atom. The van der Waals surface area contributed by atoms with E-state index in [1.54, 1.807) is 0 Å². The van der Waals surface area contributed by atoms with Crippen molar-refractivity contribution in [3.8, 4) is 11.8 Å². The van der Waals surface area contributed by atoms with E-state index in [2.05, 4.69) is 11.8 Å². The topological polar surface area (TPSA) is 81.0 Å². The summed E-state index contributed by atoms with van der Waals surface area (Å²) in [6.45, 7) is -0.0577. The second-order valence-electron chi connectivity index (χ2n) is 4.81. The largest absolute Gasteiger partial charge is 0.395 e. The van der Waals surface area contributed by atoms with Gasteiger partial charge >= 0.3 is 0 Å². The van der Waals surface area contributed by atoms with Gasteiger partial charge in [0.2, 0.25) is 0 Å². The van der Waals surface area contributed by atoms with Crippen LogP contribution in [0.1, 0.15) is 22.3 Å². The van der Waals surface area contributed by atoms with Gasteiger partial charge in [-0.25, -0.2) is 4.39 Å². The van der Waals surface area contributed by atoms with Gasteiger partial charge in [0.25, 0.3) is 5.91 Å². The van der Waals surface area contributed by atoms with Crippen LogP contribution in [0.4, 0.5) is 4.39 Å². The van der Waals surface area contributed by atoms with Crippen molar-refractivity contribution in [2.75, 3.05) is 19.7 Å². The molecule has 0 bridgehead atoms. The molecule has 1 amide bonds. The first kappa shape index (κ1) is 15.4. The van der Waals surface area contributed by atoms with Crippen LogP contribution >= 0.6 is 0 Å². The number of hydrogen-bond donors (Lipinski definition) is 3. The van der Waals surface area contributed by atoms with Crippen LogP contribution < -0.4 is 0 Å². The lowest BCUT2D eigenvalue weighted by Gasteiger charge is -2.16. The minimum absolute atomic E-state index is 0.0287. The number of nitrogens with zero attached hydrogens (tertiary/aromatic N) is 1. The molecule has 1 fully saturated rings. The highest BCUT2D eigenvalue weighted by atomic mass is 19.1. The Labute approximate surface area is 121 Å². The van der Waals surface area contributed by atoms with Crippen LogP contribution in [0.15, 0.2) is 18.2 Å². The van der Waals surface area contributed by atoms with Crippen LogP contribution in [0, 0.1) is 17.7 Å². The number of aliphatic hydroxyl groups excluding tert-OH is 3. The van der Waals surface area contributed by atoms with Gasteiger partial charge in [0.15, 0.2) is 0 Å². The monoisotopic (exact) mass is 293 g/mol. The van der Waals surface area contributed by atoms with E-state index >= 15 is 0 Å². The number of benzene rings is 1. The molecule has 5 nitrogen and oxygen atoms in total. The SMILES string of the molecule is O=C(c1ccc(F)cc1C#CCCO)N1CC(O)C(O)C1. The van der Waals surface area contributed by atoms with E-state index in [9.17, 15) is 19.4 Å². The van der Waals surface area contributed by atoms with E-state index in [0.717, 1.165) is 12.1 Å². The highest BCUT2D eigenvalue weighted by molar-refractivity contribution is 5.97. The third-order valence-electron chi connectivity index (χ3n) is 3.22. The van der Waals surface area contributed by atoms with Gasteiger partial charge in [-0.2, -0.15) is 0 Å². The average Bonchev–Trinajstić information content (AvgIpc) is 2.78. The van der Waals surface area contributed by atoms with Crippen LogP contribution in [-0.2, 0) is 0 Å². The second-order valence-corrected chi connectivity index (χ2v) is 4.81. The summed E-state index contributed by atoms with van der Waals surface area (Å²) >= 11 is 0. The average molecular weight is 293 g/mol. The van der Waals surface area contributed by atoms with Crippen molar-refractivity contribution < 1.29 is 24.5 Å². The zero-order valence-electron chi connectivity index (χ0n) is 11.3. The lowest BCUT2D eigenvalue weighted by Crippen LogP contribution is -2.30. The van der Waals surface area contributed by atoms with Crippen molar-refractivity contribution in [3.63, 3.8) is 0 Å². The Balaban J connectivity index is 2.27. The standard InChI is InChI=1S/C15H16FNO4/c16-11-4-5-12(10(7-11)3-1-2-6-18)15(21)17-8-13(19)14(20)9-17/h4-5,7,13-14,18-20H,2,6,8-9H2. The molecule has 2 rings (SSSR count). The molecular weight excluding hydrogens is 277 g/mol. The fourth-order valence-corrected chi connectivity index (χ4v) is 2.13. The van der Waals surface area contributed by atoms with E-state index in [1.807, 2.05) is 0 Å². The molecule has 0 spiro atoms. The minimum atomic E-state index is -0.974. The summed E-state index contributed by atoms with van der Waals surface area (Å²) in [5, 5.41) is 27.7. The van der Waals surface area contributed by atoms with Gasteiger partial charge < -0.3 is 20.2 Å². The molecule has 1 aliphatic heterocycles. The minimum Gasteiger partial charge on any atom is -0.395 e. The lowest BCUT2D eigenvalue weighted by molar-refractivity contribution is 0.0572. The van der Waals surface area contributed by atoms with Gasteiger partial charge in [-0.15, -0.1) is 0 Å². The Morgan fingerprint density at radius 3 is 2.62 bits per heavy atom. The van der Waals surface area contributed by atoms with Crippen LogP contribution in [-0.4, -0.2) is 58.0 Å². The van der Waals surface area contributed by atoms with Gasteiger partial charge in [-0.3, -0.25) is 4.79 Å². The molecular formula is C15H16FNO4. The number of aliphatic hydroxyl groups is 3. The first-order chi connectivity index (χ1) is 10.0. The lowest BCUT2D eigenvalue weighted by atomic mass is 10.1. The van der Waals surface area contributed by atoms with Crippen molar-refractivity contribution in [2.24, 2.45) is 0 Å². The third-order valence-corrected chi connectivity index (χ3v) is 3.22. The summed E-state index contributed by atoms with van der Waals surface area (Å²) in [7, 11) is 0. The predicted octanol–water partition coefficient (Wildman–Crippen LogP) is -0.263. The van der Waals surface area contributed by atoms with Gasteiger partial charge in [0.1, 0.15) is 5.82 Å². The Morgan fingerprint density at radius 2 is 2.00 bits per heavy atom. The van der Waals surface area contributed by atoms with E-state index in [-0.39, 0.29) is 37.2 Å². The summed E-state index contributed by atoms with van der Waals surface area (Å²) in [5.74, 6) is 4.37. The quantitative estimate of drug-likeness (QED) is 0.656. The Bertz CT molecular complexity index is 583. The maximum Gasteiger partial charge on any atom is 0.255 e. The number of amides is 1. The van der Waals surface area contributed by atoms with Crippen molar-refractivity contribution in [1.29, 1.82) is 0 Å². The first-order valence-electron chi connectivity index (χ1n) is 6.57. The molecule has 1 aromatic carbocycles. The predicted molar refractivity (Wildman–Crippen MR) is 72.9 cm³/mol. The number of β-amino-alcohol motifs (C(OH)–C–C–N with tert-alkyl or cyclic N) is 2. The van der Waals surface area contributed by atoms with E-state index in [4.69, 9.17) is 5.11 Å². The maximum atomic E-state index is 13.3. The molecule has 0 radical (unpaired) electrons. The van der Waals surface area contributed by atoms with Crippen molar-refractivity contribution >= 4 is 5.91 Å². The molecule has 21 heavy (non-hydrogen) atoms. The van der Waals surface area contributed by atoms with Crippen molar-refractivity contribution in [3.05, 3.63) is 35.1 Å². The van der Waals surface area contributed by atoms with Gasteiger partial charge in [0, 0.05) is 25.1 Å². The van der Waals surface area contributed by atoms with E-state index in [0.29, 0.717) is 0 Å². The van der Waals surface area contributed by atoms with Crippen LogP contribution in [0.3, 0.4) is 0 Å². The number of likely N-dealkylation sites (tertiary alicyclic amines) is 1. The van der Waals surface area contributed by atoms with Gasteiger partial charge in [0.05, 0.1) is 24.4 Å². The van der Waals surface area contributed by atoms with Crippen molar-refractivity contribution in [2.45, 2.75) is 18.6 Å². The summed E-state index contributed by atoms with van der Waals surface area (Å²) in [6, 6.07) is 3.64. The number of halogens is 1. The number of carbonyl (C=O) groups excluding carboxylic acids is 1. The molecule has 1 heterocycles. The van der Waals surface area contributed by atoms with E-state index in [1.165, 1.54) is 11.0 Å². The maximum absolute atomic E-state index is 13.3. The second kappa shape index (κ2) is 6.68. The van der Waals surface area contributed by atoms with Gasteiger partial charge in [-0.05, 0) is 18.2 Å². The van der Waals surface area contributed by atoms with Crippen LogP contribution in [0.2, 0.25) is 0 Å². The number of rotatable bonds is 2. The first-order valence-corrected chi connectivity index (χ1v) is 6.57. The van der Waals surface area contributed by atoms with Gasteiger partial charge in [-0.1, -0.05) is 11.8 Å². The van der Waals surface area contributed by atoms with Crippen molar-refractivity contribution in [1.82, 2.24) is 4.90 Å². The zero-order valence-corrected chi connectivity index (χ0v) is 11.3. The smallest absolute Gasteiger partial charge is 0.255 e. The molecule has 3 N–H and O–H groups in total. The van der Waals surface area contributed by atoms with Crippen LogP contribution in [0.5, 0.6) is 0 Å². The summed E-state index contributed by atoms with van der Waals surface area (Å²) < 4.78 is 13.3. The fraction of sp³-hybridized carbons (Fsp3) is 0.400. The molecule has 112 valence electrons. The Hall–Kier alpha value is -1.94. The fourth-order valence-electron chi connectivity index (χ4n) is 2.13. The zero-order chi connectivity index (χ0) is 15.4. The van der Waals surface area contributed by atoms with Crippen LogP contribution in [0.25, 0.3) is 0 Å². The molecule has 2 atom stereocenters.